The number of fused-ring (bicyclic) bond motifs is 1. The highest BCUT2D eigenvalue weighted by molar-refractivity contribution is 8.00. The van der Waals surface area contributed by atoms with Crippen LogP contribution < -0.4 is 27.2 Å². The van der Waals surface area contributed by atoms with Gasteiger partial charge in [0, 0.05) is 24.4 Å². The van der Waals surface area contributed by atoms with Crippen LogP contribution in [-0.4, -0.2) is 84.5 Å². The molecule has 18 nitrogen and oxygen atoms in total. The van der Waals surface area contributed by atoms with Gasteiger partial charge in [-0.15, -0.1) is 11.8 Å². The van der Waals surface area contributed by atoms with Crippen LogP contribution in [0.5, 0.6) is 5.75 Å². The lowest BCUT2D eigenvalue weighted by Gasteiger charge is -2.49. The van der Waals surface area contributed by atoms with Crippen LogP contribution in [0.3, 0.4) is 0 Å². The number of primary amides is 1. The largest absolute Gasteiger partial charge is 0.508 e. The number of nitrogens with zero attached hydrogens (tertiary/aromatic N) is 2. The standard InChI is InChI=1S/C29H27N7O11S/c1-12(37)47-10-14-11-48-26-21(25(42)36(26)22(14)27(43)44)33-20(39)6-13-2-3-15(38)7-17(13)18-8-31-29(35-24(18)41)32-9-19-16(4-5-46-19)23(40)34-28(30)45/h2-5,7-8,21,26,38H,6,9-11H2,1H3,(H,33,39)(H,43,44)(H3,30,34,40,45)(H2,31,32,35,41)/t21?,26-/m0/s1. The molecule has 1 fully saturated rings. The fraction of sp³-hybridized carbons (Fsp3) is 0.241. The van der Waals surface area contributed by atoms with Crippen molar-refractivity contribution in [3.05, 3.63) is 75.2 Å². The molecule has 0 saturated carbocycles. The third-order valence-corrected chi connectivity index (χ3v) is 8.53. The van der Waals surface area contributed by atoms with Gasteiger partial charge in [-0.3, -0.25) is 39.2 Å². The number of esters is 1. The minimum absolute atomic E-state index is 0.00375. The fourth-order valence-corrected chi connectivity index (χ4v) is 6.38. The van der Waals surface area contributed by atoms with E-state index in [4.69, 9.17) is 14.9 Å². The summed E-state index contributed by atoms with van der Waals surface area (Å²) in [6.07, 6.45) is 2.12. The van der Waals surface area contributed by atoms with E-state index in [1.807, 2.05) is 5.32 Å². The third kappa shape index (κ3) is 6.99. The number of aromatic hydroxyl groups is 1. The maximum Gasteiger partial charge on any atom is 0.352 e. The summed E-state index contributed by atoms with van der Waals surface area (Å²) in [6.45, 7) is 0.787. The molecule has 2 aromatic heterocycles. The van der Waals surface area contributed by atoms with Gasteiger partial charge in [0.05, 0.1) is 30.4 Å². The summed E-state index contributed by atoms with van der Waals surface area (Å²) in [5.41, 5.74) is 4.83. The van der Waals surface area contributed by atoms with Crippen molar-refractivity contribution in [2.45, 2.75) is 31.3 Å². The number of furan rings is 1. The number of hydrogen-bond acceptors (Lipinski definition) is 13. The fourth-order valence-electron chi connectivity index (χ4n) is 5.05. The number of thioether (sulfide) groups is 1. The number of aromatic amines is 1. The molecule has 8 N–H and O–H groups in total. The van der Waals surface area contributed by atoms with Gasteiger partial charge in [0.2, 0.25) is 11.9 Å². The molecule has 0 spiro atoms. The highest BCUT2D eigenvalue weighted by atomic mass is 32.2. The van der Waals surface area contributed by atoms with Gasteiger partial charge in [0.25, 0.3) is 17.4 Å². The third-order valence-electron chi connectivity index (χ3n) is 7.19. The lowest BCUT2D eigenvalue weighted by Crippen LogP contribution is -2.70. The number of rotatable bonds is 11. The second kappa shape index (κ2) is 13.7. The number of β-lactam (4-membered cyclic amide) rings is 1. The molecule has 2 aliphatic heterocycles. The predicted molar refractivity (Wildman–Crippen MR) is 165 cm³/mol. The van der Waals surface area contributed by atoms with Crippen LogP contribution in [0.2, 0.25) is 0 Å². The molecule has 1 aromatic carbocycles. The summed E-state index contributed by atoms with van der Waals surface area (Å²) >= 11 is 1.21. The molecule has 5 amide bonds. The molecule has 4 heterocycles. The van der Waals surface area contributed by atoms with E-state index < -0.39 is 52.7 Å². The summed E-state index contributed by atoms with van der Waals surface area (Å²) in [7, 11) is 0. The zero-order chi connectivity index (χ0) is 34.7. The lowest BCUT2D eigenvalue weighted by atomic mass is 9.98. The van der Waals surface area contributed by atoms with Crippen LogP contribution in [0.4, 0.5) is 10.7 Å². The van der Waals surface area contributed by atoms with Gasteiger partial charge in [0.1, 0.15) is 35.2 Å². The summed E-state index contributed by atoms with van der Waals surface area (Å²) in [5.74, 6) is -3.94. The lowest BCUT2D eigenvalue weighted by molar-refractivity contribution is -0.151. The van der Waals surface area contributed by atoms with Gasteiger partial charge in [-0.2, -0.15) is 0 Å². The Hall–Kier alpha value is -6.11. The van der Waals surface area contributed by atoms with Gasteiger partial charge in [-0.05, 0) is 29.3 Å². The molecular weight excluding hydrogens is 654 g/mol. The van der Waals surface area contributed by atoms with Crippen LogP contribution in [0.1, 0.15) is 28.6 Å². The Morgan fingerprint density at radius 3 is 2.65 bits per heavy atom. The number of amides is 5. The number of carboxylic acids is 1. The Bertz CT molecular complexity index is 1940. The van der Waals surface area contributed by atoms with Crippen LogP contribution in [-0.2, 0) is 36.9 Å². The topological polar surface area (TPSA) is 276 Å². The molecule has 250 valence electrons. The number of urea groups is 1. The van der Waals surface area contributed by atoms with Crippen molar-refractivity contribution >= 4 is 53.4 Å². The molecule has 1 unspecified atom stereocenters. The van der Waals surface area contributed by atoms with Gasteiger partial charge in [-0.1, -0.05) is 6.07 Å². The quantitative estimate of drug-likeness (QED) is 0.104. The number of carbonyl (C=O) groups is 6. The van der Waals surface area contributed by atoms with Gasteiger partial charge >= 0.3 is 18.0 Å². The normalized spacial score (nSPS) is 16.8. The maximum absolute atomic E-state index is 13.1. The van der Waals surface area contributed by atoms with Crippen molar-refractivity contribution < 1.29 is 48.1 Å². The smallest absolute Gasteiger partial charge is 0.352 e. The molecule has 5 rings (SSSR count). The number of benzene rings is 1. The second-order valence-electron chi connectivity index (χ2n) is 10.4. The number of H-pyrrole nitrogens is 1. The Morgan fingerprint density at radius 1 is 1.19 bits per heavy atom. The van der Waals surface area contributed by atoms with E-state index >= 15 is 0 Å². The number of imide groups is 1. The van der Waals surface area contributed by atoms with E-state index in [0.29, 0.717) is 5.56 Å². The maximum atomic E-state index is 13.1. The molecule has 0 bridgehead atoms. The number of aromatic nitrogens is 2. The van der Waals surface area contributed by atoms with Crippen molar-refractivity contribution in [2.75, 3.05) is 17.7 Å². The van der Waals surface area contributed by atoms with Crippen molar-refractivity contribution in [2.24, 2.45) is 5.73 Å². The first-order valence-electron chi connectivity index (χ1n) is 14.0. The number of carbonyl (C=O) groups excluding carboxylic acids is 5. The SMILES string of the molecule is CC(=O)OCC1=C(C(=O)O)N2C(=O)C(NC(=O)Cc3ccc(O)cc3-c3cnc(NCc4occc4C(=O)NC(N)=O)[nH]c3=O)[C@@H]2SC1. The highest BCUT2D eigenvalue weighted by Gasteiger charge is 2.54. The minimum atomic E-state index is -1.37. The number of carboxylic acid groups (broad SMARTS) is 1. The molecular formula is C29H27N7O11S. The molecule has 0 aliphatic carbocycles. The molecule has 1 saturated heterocycles. The van der Waals surface area contributed by atoms with Crippen molar-refractivity contribution in [3.8, 4) is 16.9 Å². The number of nitrogens with one attached hydrogen (secondary N) is 4. The number of nitrogens with two attached hydrogens (primary N) is 1. The zero-order valence-electron chi connectivity index (χ0n) is 24.9. The van der Waals surface area contributed by atoms with Gasteiger partial charge in [0.15, 0.2) is 0 Å². The van der Waals surface area contributed by atoms with E-state index in [2.05, 4.69) is 20.6 Å². The summed E-state index contributed by atoms with van der Waals surface area (Å²) in [4.78, 5) is 93.2. The number of anilines is 1. The Kier molecular flexibility index (Phi) is 9.50. The summed E-state index contributed by atoms with van der Waals surface area (Å²) in [5, 5.41) is 26.5. The highest BCUT2D eigenvalue weighted by Crippen LogP contribution is 2.40. The van der Waals surface area contributed by atoms with Crippen molar-refractivity contribution in [3.63, 3.8) is 0 Å². The molecule has 48 heavy (non-hydrogen) atoms. The molecule has 0 radical (unpaired) electrons. The molecule has 3 aromatic rings. The summed E-state index contributed by atoms with van der Waals surface area (Å²) in [6, 6.07) is 3.28. The number of phenols is 1. The van der Waals surface area contributed by atoms with Crippen molar-refractivity contribution in [1.82, 2.24) is 25.5 Å². The van der Waals surface area contributed by atoms with Crippen LogP contribution in [0, 0.1) is 0 Å². The van der Waals surface area contributed by atoms with E-state index in [0.717, 1.165) is 4.90 Å². The molecule has 2 atom stereocenters. The first kappa shape index (κ1) is 33.3. The minimum Gasteiger partial charge on any atom is -0.508 e. The number of phenolic OH excluding ortho intramolecular Hbond substituents is 1. The Labute approximate surface area is 273 Å². The number of hydrogen-bond donors (Lipinski definition) is 7. The average Bonchev–Trinajstić information content (AvgIpc) is 3.50. The monoisotopic (exact) mass is 681 g/mol. The van der Waals surface area contributed by atoms with Gasteiger partial charge in [-0.25, -0.2) is 14.6 Å². The number of ether oxygens (including phenoxy) is 1. The van der Waals surface area contributed by atoms with Gasteiger partial charge < -0.3 is 35.7 Å². The Balaban J connectivity index is 1.27. The second-order valence-corrected chi connectivity index (χ2v) is 11.5. The van der Waals surface area contributed by atoms with E-state index in [1.54, 1.807) is 0 Å². The van der Waals surface area contributed by atoms with E-state index in [1.165, 1.54) is 55.4 Å². The molecule has 19 heteroatoms. The zero-order valence-corrected chi connectivity index (χ0v) is 25.7. The first-order valence-corrected chi connectivity index (χ1v) is 15.0. The number of aliphatic carboxylic acids is 1. The van der Waals surface area contributed by atoms with Crippen LogP contribution in [0.15, 0.2) is 57.2 Å². The summed E-state index contributed by atoms with van der Waals surface area (Å²) < 4.78 is 10.2. The Morgan fingerprint density at radius 2 is 1.96 bits per heavy atom. The average molecular weight is 682 g/mol. The van der Waals surface area contributed by atoms with E-state index in [-0.39, 0.29) is 70.7 Å². The molecule has 2 aliphatic rings. The van der Waals surface area contributed by atoms with Crippen LogP contribution in [0.25, 0.3) is 11.1 Å². The predicted octanol–water partition coefficient (Wildman–Crippen LogP) is 0.000300. The van der Waals surface area contributed by atoms with E-state index in [9.17, 15) is 43.8 Å². The van der Waals surface area contributed by atoms with Crippen LogP contribution >= 0.6 is 11.8 Å². The first-order chi connectivity index (χ1) is 22.8. The van der Waals surface area contributed by atoms with Crippen molar-refractivity contribution in [1.29, 1.82) is 0 Å².